The van der Waals surface area contributed by atoms with Crippen LogP contribution in [0.5, 0.6) is 0 Å². The predicted molar refractivity (Wildman–Crippen MR) is 64.7 cm³/mol. The minimum atomic E-state index is -3.31. The molecule has 0 aliphatic heterocycles. The van der Waals surface area contributed by atoms with Crippen molar-refractivity contribution < 1.29 is 8.42 Å². The number of nitrogens with zero attached hydrogens (tertiary/aromatic N) is 1. The maximum atomic E-state index is 11.5. The summed E-state index contributed by atoms with van der Waals surface area (Å²) in [5.74, 6) is -0.00577. The smallest absolute Gasteiger partial charge is 0.212 e. The Labute approximate surface area is 100 Å². The molecule has 1 aromatic rings. The van der Waals surface area contributed by atoms with Gasteiger partial charge in [0.1, 0.15) is 0 Å². The molecule has 1 heterocycles. The van der Waals surface area contributed by atoms with Gasteiger partial charge in [0.2, 0.25) is 10.0 Å². The third-order valence-electron chi connectivity index (χ3n) is 1.84. The van der Waals surface area contributed by atoms with Crippen LogP contribution in [0.15, 0.2) is 36.0 Å². The van der Waals surface area contributed by atoms with Gasteiger partial charge in [-0.2, -0.15) is 0 Å². The van der Waals surface area contributed by atoms with Crippen LogP contribution >= 0.6 is 11.6 Å². The van der Waals surface area contributed by atoms with Crippen LogP contribution in [0.1, 0.15) is 5.69 Å². The molecule has 0 saturated carbocycles. The highest BCUT2D eigenvalue weighted by atomic mass is 35.5. The van der Waals surface area contributed by atoms with E-state index in [1.54, 1.807) is 18.3 Å². The molecule has 0 fully saturated rings. The van der Waals surface area contributed by atoms with E-state index < -0.39 is 10.0 Å². The van der Waals surface area contributed by atoms with E-state index in [1.165, 1.54) is 0 Å². The molecule has 0 radical (unpaired) electrons. The molecule has 4 nitrogen and oxygen atoms in total. The Morgan fingerprint density at radius 2 is 2.25 bits per heavy atom. The molecular weight excluding hydrogens is 248 g/mol. The second-order valence-electron chi connectivity index (χ2n) is 3.23. The zero-order valence-corrected chi connectivity index (χ0v) is 10.3. The molecule has 0 aromatic carbocycles. The van der Waals surface area contributed by atoms with E-state index >= 15 is 0 Å². The van der Waals surface area contributed by atoms with Crippen molar-refractivity contribution in [1.82, 2.24) is 9.71 Å². The van der Waals surface area contributed by atoms with E-state index in [9.17, 15) is 8.42 Å². The lowest BCUT2D eigenvalue weighted by molar-refractivity contribution is 0.584. The summed E-state index contributed by atoms with van der Waals surface area (Å²) in [6.45, 7) is 3.46. The molecule has 0 unspecified atom stereocenters. The second kappa shape index (κ2) is 5.98. The van der Waals surface area contributed by atoms with E-state index in [0.717, 1.165) is 5.69 Å². The first-order valence-corrected chi connectivity index (χ1v) is 6.73. The molecule has 0 aliphatic carbocycles. The van der Waals surface area contributed by atoms with Crippen LogP contribution in [0.4, 0.5) is 0 Å². The number of halogens is 1. The molecule has 0 saturated heterocycles. The number of sulfonamides is 1. The van der Waals surface area contributed by atoms with Gasteiger partial charge >= 0.3 is 0 Å². The average molecular weight is 261 g/mol. The van der Waals surface area contributed by atoms with Gasteiger partial charge in [0.15, 0.2) is 0 Å². The van der Waals surface area contributed by atoms with Crippen LogP contribution in [0, 0.1) is 0 Å². The topological polar surface area (TPSA) is 59.1 Å². The Hall–Kier alpha value is -0.910. The molecule has 0 bridgehead atoms. The molecule has 6 heteroatoms. The van der Waals surface area contributed by atoms with Crippen LogP contribution in [0.3, 0.4) is 0 Å². The molecule has 1 N–H and O–H groups in total. The average Bonchev–Trinajstić information content (AvgIpc) is 2.26. The molecule has 1 rings (SSSR count). The van der Waals surface area contributed by atoms with Crippen LogP contribution in [-0.4, -0.2) is 25.7 Å². The van der Waals surface area contributed by atoms with Crippen LogP contribution in [0.2, 0.25) is 0 Å². The molecule has 0 aliphatic rings. The number of hydrogen-bond acceptors (Lipinski definition) is 3. The van der Waals surface area contributed by atoms with Gasteiger partial charge in [0, 0.05) is 29.9 Å². The van der Waals surface area contributed by atoms with Crippen molar-refractivity contribution in [3.63, 3.8) is 0 Å². The lowest BCUT2D eigenvalue weighted by Gasteiger charge is -2.05. The van der Waals surface area contributed by atoms with Gasteiger partial charge < -0.3 is 0 Å². The monoisotopic (exact) mass is 260 g/mol. The highest BCUT2D eigenvalue weighted by molar-refractivity contribution is 7.89. The molecule has 0 amide bonds. The molecule has 1 aromatic heterocycles. The van der Waals surface area contributed by atoms with Crippen molar-refractivity contribution in [2.24, 2.45) is 0 Å². The van der Waals surface area contributed by atoms with Crippen molar-refractivity contribution in [2.75, 3.05) is 12.3 Å². The second-order valence-corrected chi connectivity index (χ2v) is 5.69. The van der Waals surface area contributed by atoms with Crippen molar-refractivity contribution in [2.45, 2.75) is 6.42 Å². The number of aromatic nitrogens is 1. The van der Waals surface area contributed by atoms with Crippen LogP contribution < -0.4 is 4.72 Å². The summed E-state index contributed by atoms with van der Waals surface area (Å²) in [4.78, 5) is 4.04. The maximum absolute atomic E-state index is 11.5. The third kappa shape index (κ3) is 5.25. The minimum Gasteiger partial charge on any atom is -0.261 e. The van der Waals surface area contributed by atoms with Crippen molar-refractivity contribution >= 4 is 21.6 Å². The predicted octanol–water partition coefficient (Wildman–Crippen LogP) is 1.30. The maximum Gasteiger partial charge on any atom is 0.212 e. The Morgan fingerprint density at radius 1 is 1.50 bits per heavy atom. The normalized spacial score (nSPS) is 11.3. The molecule has 0 spiro atoms. The summed E-state index contributed by atoms with van der Waals surface area (Å²) < 4.78 is 25.3. The number of aryl methyl sites for hydroxylation is 1. The quantitative estimate of drug-likeness (QED) is 0.839. The van der Waals surface area contributed by atoms with Gasteiger partial charge in [0.05, 0.1) is 5.75 Å². The number of nitrogens with one attached hydrogen (secondary N) is 1. The fourth-order valence-electron chi connectivity index (χ4n) is 1.05. The molecule has 0 atom stereocenters. The summed E-state index contributed by atoms with van der Waals surface area (Å²) >= 11 is 5.47. The van der Waals surface area contributed by atoms with Crippen molar-refractivity contribution in [1.29, 1.82) is 0 Å². The van der Waals surface area contributed by atoms with Crippen molar-refractivity contribution in [3.8, 4) is 0 Å². The molecule has 88 valence electrons. The fourth-order valence-corrected chi connectivity index (χ4v) is 2.21. The van der Waals surface area contributed by atoms with E-state index in [-0.39, 0.29) is 17.3 Å². The van der Waals surface area contributed by atoms with Gasteiger partial charge in [-0.05, 0) is 12.1 Å². The Bertz CT molecular complexity index is 445. The molecule has 16 heavy (non-hydrogen) atoms. The number of hydrogen-bond donors (Lipinski definition) is 1. The Balaban J connectivity index is 2.45. The van der Waals surface area contributed by atoms with E-state index in [4.69, 9.17) is 11.6 Å². The summed E-state index contributed by atoms with van der Waals surface area (Å²) in [5.41, 5.74) is 0.748. The highest BCUT2D eigenvalue weighted by Crippen LogP contribution is 1.99. The van der Waals surface area contributed by atoms with Crippen molar-refractivity contribution in [3.05, 3.63) is 41.7 Å². The fraction of sp³-hybridized carbons (Fsp3) is 0.300. The summed E-state index contributed by atoms with van der Waals surface area (Å²) in [7, 11) is -3.31. The van der Waals surface area contributed by atoms with Gasteiger partial charge in [-0.25, -0.2) is 13.1 Å². The van der Waals surface area contributed by atoms with E-state index in [1.807, 2.05) is 6.07 Å². The van der Waals surface area contributed by atoms with Gasteiger partial charge in [-0.15, -0.1) is 0 Å². The summed E-state index contributed by atoms with van der Waals surface area (Å²) in [6.07, 6.45) is 2.01. The van der Waals surface area contributed by atoms with E-state index in [2.05, 4.69) is 16.3 Å². The number of pyridine rings is 1. The van der Waals surface area contributed by atoms with Gasteiger partial charge in [-0.3, -0.25) is 4.98 Å². The van der Waals surface area contributed by atoms with E-state index in [0.29, 0.717) is 6.42 Å². The number of rotatable bonds is 6. The largest absolute Gasteiger partial charge is 0.261 e. The first-order valence-electron chi connectivity index (χ1n) is 4.70. The summed E-state index contributed by atoms with van der Waals surface area (Å²) in [6, 6.07) is 5.40. The Kier molecular flexibility index (Phi) is 4.92. The standard InChI is InChI=1S/C10H13ClN2O2S/c1-9(11)8-13-16(14,15)7-5-10-4-2-3-6-12-10/h2-4,6,13H,1,5,7-8H2. The first kappa shape index (κ1) is 13.2. The zero-order valence-electron chi connectivity index (χ0n) is 8.69. The minimum absolute atomic E-state index is 0.00577. The first-order chi connectivity index (χ1) is 7.49. The SMILES string of the molecule is C=C(Cl)CNS(=O)(=O)CCc1ccccn1. The molecular formula is C10H13ClN2O2S. The highest BCUT2D eigenvalue weighted by Gasteiger charge is 2.10. The van der Waals surface area contributed by atoms with Gasteiger partial charge in [0.25, 0.3) is 0 Å². The van der Waals surface area contributed by atoms with Crippen LogP contribution in [-0.2, 0) is 16.4 Å². The third-order valence-corrected chi connectivity index (χ3v) is 3.30. The Morgan fingerprint density at radius 3 is 2.81 bits per heavy atom. The zero-order chi connectivity index (χ0) is 12.0. The van der Waals surface area contributed by atoms with Crippen LogP contribution in [0.25, 0.3) is 0 Å². The summed E-state index contributed by atoms with van der Waals surface area (Å²) in [5, 5.41) is 0.265. The lowest BCUT2D eigenvalue weighted by Crippen LogP contribution is -2.28. The van der Waals surface area contributed by atoms with Gasteiger partial charge in [-0.1, -0.05) is 24.2 Å². The lowest BCUT2D eigenvalue weighted by atomic mass is 10.3.